The molecule has 118 heavy (non-hydrogen) atoms. The predicted molar refractivity (Wildman–Crippen MR) is 485 cm³/mol. The Morgan fingerprint density at radius 1 is 0.119 bits per heavy atom. The van der Waals surface area contributed by atoms with Gasteiger partial charge in [-0.15, -0.1) is 0 Å². The minimum atomic E-state index is 0.0282. The Morgan fingerprint density at radius 2 is 0.356 bits per heavy atom. The van der Waals surface area contributed by atoms with Crippen molar-refractivity contribution in [2.75, 3.05) is 0 Å². The summed E-state index contributed by atoms with van der Waals surface area (Å²) in [6.45, 7) is 0. The van der Waals surface area contributed by atoms with Crippen molar-refractivity contribution in [3.05, 3.63) is 336 Å². The number of hydrogen-bond donors (Lipinski definition) is 0. The molecule has 0 saturated heterocycles. The molecule has 0 fully saturated rings. The fourth-order valence-corrected chi connectivity index (χ4v) is 20.8. The summed E-state index contributed by atoms with van der Waals surface area (Å²) in [6.07, 6.45) is 0. The van der Waals surface area contributed by atoms with E-state index < -0.39 is 0 Å². The van der Waals surface area contributed by atoms with Crippen molar-refractivity contribution >= 4 is 294 Å². The van der Waals surface area contributed by atoms with E-state index in [1.165, 1.54) is 43.1 Å². The normalized spacial score (nSPS) is 12.6. The quantitative estimate of drug-likeness (QED) is 0.106. The van der Waals surface area contributed by atoms with Gasteiger partial charge in [-0.05, 0) is 174 Å². The van der Waals surface area contributed by atoms with Crippen LogP contribution in [0.25, 0.3) is 294 Å². The lowest BCUT2D eigenvalue weighted by molar-refractivity contribution is 0.658. The summed E-state index contributed by atoms with van der Waals surface area (Å²) in [5.74, 6) is 0. The fourth-order valence-electron chi connectivity index (χ4n) is 20.8. The summed E-state index contributed by atoms with van der Waals surface area (Å²) in [6, 6.07) is 107. The van der Waals surface area contributed by atoms with E-state index in [-0.39, 0.29) is 10.9 Å². The molecule has 0 bridgehead atoms. The van der Waals surface area contributed by atoms with Gasteiger partial charge in [-0.25, -0.2) is 0 Å². The maximum Gasteiger partial charge on any atom is 0.194 e. The SMILES string of the molecule is O=c1c2ccccc2c2cc3c(cc12)oc1cccc2c1c3c1cccc3oc4cc5c(=O)c6ccccc6c5cc4c2c31.c1ccc2c(c1)ccc1oc3cccc4c3c(c3cccc5oc6ccccc6c4c53)c12.c1ccc2c(c1)oc1cc3c(cc12)oc1cccc2c1c3c1cccc3oc4cc5c(cc4c2c31)oc1ccccc15. The number of furan rings is 2. The van der Waals surface area contributed by atoms with Gasteiger partial charge in [0.1, 0.15) is 89.3 Å². The lowest BCUT2D eigenvalue weighted by atomic mass is 9.89. The molecule has 22 aromatic carbocycles. The van der Waals surface area contributed by atoms with Gasteiger partial charge in [0.05, 0.1) is 0 Å². The zero-order valence-corrected chi connectivity index (χ0v) is 62.1. The standard InChI is InChI=1S/C40H18O4.C38H18O4.C30H16O2/c41-39-21-9-3-1-7-19(21)25-15-29-33(17-27(25)39)43-31-13-6-12-24-36-30-16-26-20-8-2-4-10-22(20)40(42)28(26)18-34(30)44-32-14-5-11-23(38(32)36)35(29)37(24)31;1-3-11-27-19(7-1)23-15-33-25(17-31(23)39-27)35-21-9-6-14-30-38(21)36(22-10-5-13-29(41-33)37(22)35)26-18-32-24(16-34(26)42-30)20-8-2-4-12-28(20)40-32;1-2-8-18-17(7-1)15-16-25-27(18)30-21-11-6-13-23-28(21)26(19-9-3-4-12-22(19)31-23)20-10-5-14-24(32-25)29(20)30/h1-18H;1-18H;1-16H. The van der Waals surface area contributed by atoms with Gasteiger partial charge in [0.2, 0.25) is 0 Å². The number of rotatable bonds is 0. The maximum atomic E-state index is 13.4. The second-order valence-electron chi connectivity index (χ2n) is 31.5. The van der Waals surface area contributed by atoms with Crippen LogP contribution in [0, 0.1) is 0 Å². The summed E-state index contributed by atoms with van der Waals surface area (Å²) < 4.78 is 52.1. The minimum Gasteiger partial charge on any atom is -0.456 e. The van der Waals surface area contributed by atoms with Crippen LogP contribution >= 0.6 is 0 Å². The van der Waals surface area contributed by atoms with E-state index in [0.29, 0.717) is 21.9 Å². The van der Waals surface area contributed by atoms with E-state index in [9.17, 15) is 9.59 Å². The fraction of sp³-hybridized carbons (Fsp3) is 0. The van der Waals surface area contributed by atoms with Gasteiger partial charge < -0.3 is 35.3 Å². The summed E-state index contributed by atoms with van der Waals surface area (Å²) in [5.41, 5.74) is 13.3. The van der Waals surface area contributed by atoms with E-state index in [4.69, 9.17) is 35.3 Å². The van der Waals surface area contributed by atoms with E-state index in [1.807, 2.05) is 133 Å². The molecule has 8 heterocycles. The zero-order chi connectivity index (χ0) is 76.8. The first-order valence-electron chi connectivity index (χ1n) is 39.6. The van der Waals surface area contributed by atoms with Crippen LogP contribution in [0.15, 0.2) is 360 Å². The van der Waals surface area contributed by atoms with Crippen molar-refractivity contribution in [3.8, 4) is 0 Å². The highest BCUT2D eigenvalue weighted by Crippen LogP contribution is 2.53. The molecule has 8 aromatic heterocycles. The topological polar surface area (TPSA) is 139 Å². The van der Waals surface area contributed by atoms with Crippen LogP contribution in [-0.2, 0) is 0 Å². The molecule has 10 nitrogen and oxygen atoms in total. The second kappa shape index (κ2) is 22.5. The summed E-state index contributed by atoms with van der Waals surface area (Å²) >= 11 is 0. The van der Waals surface area contributed by atoms with Gasteiger partial charge >= 0.3 is 0 Å². The first-order valence-corrected chi connectivity index (χ1v) is 39.6. The molecule has 0 N–H and O–H groups in total. The first kappa shape index (κ1) is 62.5. The lowest BCUT2D eigenvalue weighted by Crippen LogP contribution is -1.94. The molecule has 0 radical (unpaired) electrons. The highest BCUT2D eigenvalue weighted by atomic mass is 16.4. The number of hydrogen-bond acceptors (Lipinski definition) is 10. The maximum absolute atomic E-state index is 13.4. The number of fused-ring (bicyclic) bond motifs is 32. The van der Waals surface area contributed by atoms with Gasteiger partial charge in [0.25, 0.3) is 0 Å². The Bertz CT molecular complexity index is 9570. The third-order valence-electron chi connectivity index (χ3n) is 25.6. The zero-order valence-electron chi connectivity index (χ0n) is 62.1. The average Bonchev–Trinajstić information content (AvgIpc) is 0.919. The van der Waals surface area contributed by atoms with Crippen molar-refractivity contribution < 1.29 is 35.3 Å². The summed E-state index contributed by atoms with van der Waals surface area (Å²) in [7, 11) is 0. The molecule has 544 valence electrons. The number of para-hydroxylation sites is 3. The van der Waals surface area contributed by atoms with Crippen molar-refractivity contribution in [1.82, 2.24) is 0 Å². The van der Waals surface area contributed by atoms with Crippen LogP contribution in [0.3, 0.4) is 0 Å². The van der Waals surface area contributed by atoms with Gasteiger partial charge in [0.15, 0.2) is 10.9 Å². The molecule has 0 saturated carbocycles. The molecular weight excluding hydrogens is 1460 g/mol. The smallest absolute Gasteiger partial charge is 0.194 e. The Hall–Kier alpha value is -16.0. The largest absolute Gasteiger partial charge is 0.456 e. The third-order valence-corrected chi connectivity index (χ3v) is 25.6. The Kier molecular flexibility index (Phi) is 11.9. The monoisotopic (exact) mass is 1510 g/mol. The average molecular weight is 1510 g/mol. The molecule has 30 aromatic rings. The van der Waals surface area contributed by atoms with Crippen LogP contribution in [0.1, 0.15) is 0 Å². The molecule has 0 aliphatic heterocycles. The lowest BCUT2D eigenvalue weighted by Gasteiger charge is -2.17. The Balaban J connectivity index is 0.0000000934. The highest BCUT2D eigenvalue weighted by Gasteiger charge is 2.28. The van der Waals surface area contributed by atoms with Gasteiger partial charge in [-0.1, -0.05) is 206 Å². The summed E-state index contributed by atoms with van der Waals surface area (Å²) in [4.78, 5) is 26.7. The van der Waals surface area contributed by atoms with E-state index in [0.717, 1.165) is 229 Å². The molecular formula is C108H52O10. The predicted octanol–water partition coefficient (Wildman–Crippen LogP) is 30.5. The van der Waals surface area contributed by atoms with Crippen molar-refractivity contribution in [3.63, 3.8) is 0 Å². The second-order valence-corrected chi connectivity index (χ2v) is 31.5. The molecule has 0 atom stereocenters. The molecule has 30 rings (SSSR count). The van der Waals surface area contributed by atoms with Crippen molar-refractivity contribution in [1.29, 1.82) is 0 Å². The Morgan fingerprint density at radius 3 is 0.771 bits per heavy atom. The van der Waals surface area contributed by atoms with Crippen molar-refractivity contribution in [2.24, 2.45) is 0 Å². The van der Waals surface area contributed by atoms with Crippen LogP contribution in [0.2, 0.25) is 0 Å². The number of benzene rings is 20. The molecule has 0 unspecified atom stereocenters. The van der Waals surface area contributed by atoms with Crippen LogP contribution in [-0.4, -0.2) is 0 Å². The molecule has 10 heteroatoms. The molecule has 0 aliphatic carbocycles. The van der Waals surface area contributed by atoms with E-state index in [2.05, 4.69) is 182 Å². The van der Waals surface area contributed by atoms with E-state index >= 15 is 0 Å². The minimum absolute atomic E-state index is 0.0282. The van der Waals surface area contributed by atoms with Crippen molar-refractivity contribution in [2.45, 2.75) is 0 Å². The van der Waals surface area contributed by atoms with Crippen LogP contribution < -0.4 is 10.9 Å². The molecule has 0 aliphatic rings. The molecule has 0 spiro atoms. The van der Waals surface area contributed by atoms with Gasteiger partial charge in [0, 0.05) is 140 Å². The van der Waals surface area contributed by atoms with Gasteiger partial charge in [-0.3, -0.25) is 9.59 Å². The van der Waals surface area contributed by atoms with Gasteiger partial charge in [-0.2, -0.15) is 0 Å². The summed E-state index contributed by atoms with van der Waals surface area (Å²) in [5, 5.41) is 39.7. The Labute approximate surface area is 661 Å². The molecule has 0 amide bonds. The third kappa shape index (κ3) is 8.13. The van der Waals surface area contributed by atoms with Crippen LogP contribution in [0.5, 0.6) is 0 Å². The van der Waals surface area contributed by atoms with E-state index in [1.54, 1.807) is 0 Å². The van der Waals surface area contributed by atoms with Crippen LogP contribution in [0.4, 0.5) is 0 Å². The highest BCUT2D eigenvalue weighted by molar-refractivity contribution is 6.45. The first-order chi connectivity index (χ1) is 58.3.